The first-order valence-corrected chi connectivity index (χ1v) is 6.93. The highest BCUT2D eigenvalue weighted by atomic mass is 79.9. The van der Waals surface area contributed by atoms with Crippen molar-refractivity contribution in [3.05, 3.63) is 35.9 Å². The van der Waals surface area contributed by atoms with E-state index in [0.29, 0.717) is 19.7 Å². The third-order valence-corrected chi connectivity index (χ3v) is 4.02. The van der Waals surface area contributed by atoms with Gasteiger partial charge in [0.15, 0.2) is 0 Å². The second-order valence-corrected chi connectivity index (χ2v) is 5.63. The molecule has 1 fully saturated rings. The summed E-state index contributed by atoms with van der Waals surface area (Å²) in [6.45, 7) is 1.58. The van der Waals surface area contributed by atoms with E-state index in [4.69, 9.17) is 10.5 Å². The van der Waals surface area contributed by atoms with Gasteiger partial charge in [-0.1, -0.05) is 46.3 Å². The Morgan fingerprint density at radius 2 is 2.17 bits per heavy atom. The lowest BCUT2D eigenvalue weighted by Crippen LogP contribution is -2.49. The van der Waals surface area contributed by atoms with E-state index in [0.717, 1.165) is 12.0 Å². The van der Waals surface area contributed by atoms with Crippen molar-refractivity contribution in [3.8, 4) is 0 Å². The summed E-state index contributed by atoms with van der Waals surface area (Å²) in [5, 5.41) is 0. The van der Waals surface area contributed by atoms with Gasteiger partial charge in [0.1, 0.15) is 6.61 Å². The van der Waals surface area contributed by atoms with E-state index in [1.165, 1.54) is 0 Å². The molecular weight excluding hydrogens is 296 g/mol. The van der Waals surface area contributed by atoms with Crippen LogP contribution in [0.4, 0.5) is 4.79 Å². The maximum absolute atomic E-state index is 11.9. The number of hydrogen-bond donors (Lipinski definition) is 1. The number of ether oxygens (including phenoxy) is 1. The second-order valence-electron chi connectivity index (χ2n) is 4.45. The van der Waals surface area contributed by atoms with E-state index >= 15 is 0 Å². The average molecular weight is 313 g/mol. The van der Waals surface area contributed by atoms with Gasteiger partial charge in [0.25, 0.3) is 0 Å². The first-order chi connectivity index (χ1) is 8.66. The van der Waals surface area contributed by atoms with Crippen LogP contribution in [-0.4, -0.2) is 35.0 Å². The molecule has 1 aliphatic rings. The molecule has 0 spiro atoms. The summed E-state index contributed by atoms with van der Waals surface area (Å²) in [5.74, 6) is 0. The molecular formula is C13H17BrN2O2. The van der Waals surface area contributed by atoms with E-state index in [1.807, 2.05) is 30.3 Å². The van der Waals surface area contributed by atoms with Crippen LogP contribution in [0, 0.1) is 0 Å². The Morgan fingerprint density at radius 1 is 1.44 bits per heavy atom. The van der Waals surface area contributed by atoms with Gasteiger partial charge in [-0.05, 0) is 12.0 Å². The lowest BCUT2D eigenvalue weighted by molar-refractivity contribution is 0.0887. The monoisotopic (exact) mass is 312 g/mol. The number of nitrogens with zero attached hydrogens (tertiary/aromatic N) is 1. The standard InChI is InChI=1S/C13H17BrN2O2/c14-11-8-16(7-6-12(11)15)13(17)18-9-10-4-2-1-3-5-10/h1-5,11-12H,6-9,15H2. The van der Waals surface area contributed by atoms with Crippen molar-refractivity contribution < 1.29 is 9.53 Å². The highest BCUT2D eigenvalue weighted by molar-refractivity contribution is 9.09. The number of carbonyl (C=O) groups is 1. The number of nitrogens with two attached hydrogens (primary N) is 1. The van der Waals surface area contributed by atoms with Crippen LogP contribution in [0.3, 0.4) is 0 Å². The van der Waals surface area contributed by atoms with Crippen LogP contribution in [-0.2, 0) is 11.3 Å². The minimum Gasteiger partial charge on any atom is -0.445 e. The highest BCUT2D eigenvalue weighted by Crippen LogP contribution is 2.17. The van der Waals surface area contributed by atoms with Gasteiger partial charge in [0.05, 0.1) is 0 Å². The number of rotatable bonds is 2. The molecule has 18 heavy (non-hydrogen) atoms. The number of piperidine rings is 1. The van der Waals surface area contributed by atoms with Crippen molar-refractivity contribution in [1.82, 2.24) is 4.90 Å². The fourth-order valence-corrected chi connectivity index (χ4v) is 2.51. The summed E-state index contributed by atoms with van der Waals surface area (Å²) in [7, 11) is 0. The van der Waals surface area contributed by atoms with Crippen molar-refractivity contribution in [2.75, 3.05) is 13.1 Å². The van der Waals surface area contributed by atoms with E-state index in [2.05, 4.69) is 15.9 Å². The van der Waals surface area contributed by atoms with E-state index in [1.54, 1.807) is 4.90 Å². The molecule has 1 aromatic rings. The van der Waals surface area contributed by atoms with Crippen molar-refractivity contribution in [2.24, 2.45) is 5.73 Å². The quantitative estimate of drug-likeness (QED) is 0.851. The maximum Gasteiger partial charge on any atom is 0.410 e. The number of carbonyl (C=O) groups excluding carboxylic acids is 1. The Balaban J connectivity index is 1.82. The third kappa shape index (κ3) is 3.46. The SMILES string of the molecule is NC1CCN(C(=O)OCc2ccccc2)CC1Br. The minimum absolute atomic E-state index is 0.114. The molecule has 1 aromatic carbocycles. The fraction of sp³-hybridized carbons (Fsp3) is 0.462. The molecule has 2 N–H and O–H groups in total. The van der Waals surface area contributed by atoms with Crippen molar-refractivity contribution >= 4 is 22.0 Å². The summed E-state index contributed by atoms with van der Waals surface area (Å²) in [6, 6.07) is 9.78. The van der Waals surface area contributed by atoms with Gasteiger partial charge in [-0.3, -0.25) is 0 Å². The fourth-order valence-electron chi connectivity index (χ4n) is 1.90. The molecule has 4 nitrogen and oxygen atoms in total. The largest absolute Gasteiger partial charge is 0.445 e. The molecule has 5 heteroatoms. The molecule has 0 saturated carbocycles. The normalized spacial score (nSPS) is 23.8. The smallest absolute Gasteiger partial charge is 0.410 e. The molecule has 1 heterocycles. The molecule has 1 amide bonds. The summed E-state index contributed by atoms with van der Waals surface area (Å²) in [4.78, 5) is 13.7. The zero-order chi connectivity index (χ0) is 13.0. The molecule has 0 radical (unpaired) electrons. The predicted molar refractivity (Wildman–Crippen MR) is 73.5 cm³/mol. The van der Waals surface area contributed by atoms with Crippen molar-refractivity contribution in [1.29, 1.82) is 0 Å². The molecule has 0 aliphatic carbocycles. The average Bonchev–Trinajstić information content (AvgIpc) is 2.40. The van der Waals surface area contributed by atoms with Gasteiger partial charge < -0.3 is 15.4 Å². The van der Waals surface area contributed by atoms with E-state index < -0.39 is 0 Å². The van der Waals surface area contributed by atoms with Crippen LogP contribution in [0.15, 0.2) is 30.3 Å². The summed E-state index contributed by atoms with van der Waals surface area (Å²) in [6.07, 6.45) is 0.534. The molecule has 2 unspecified atom stereocenters. The van der Waals surface area contributed by atoms with E-state index in [9.17, 15) is 4.79 Å². The lowest BCUT2D eigenvalue weighted by Gasteiger charge is -2.33. The summed E-state index contributed by atoms with van der Waals surface area (Å²) >= 11 is 3.48. The Morgan fingerprint density at radius 3 is 2.83 bits per heavy atom. The Kier molecular flexibility index (Phi) is 4.60. The summed E-state index contributed by atoms with van der Waals surface area (Å²) < 4.78 is 5.28. The van der Waals surface area contributed by atoms with Crippen LogP contribution < -0.4 is 5.73 Å². The van der Waals surface area contributed by atoms with Crippen LogP contribution in [0.2, 0.25) is 0 Å². The number of benzene rings is 1. The topological polar surface area (TPSA) is 55.6 Å². The molecule has 98 valence electrons. The molecule has 2 atom stereocenters. The molecule has 0 aromatic heterocycles. The molecule has 1 aliphatic heterocycles. The van der Waals surface area contributed by atoms with Crippen LogP contribution >= 0.6 is 15.9 Å². The first-order valence-electron chi connectivity index (χ1n) is 6.02. The first kappa shape index (κ1) is 13.4. The second kappa shape index (κ2) is 6.20. The van der Waals surface area contributed by atoms with Gasteiger partial charge in [-0.2, -0.15) is 0 Å². The highest BCUT2D eigenvalue weighted by Gasteiger charge is 2.28. The Labute approximate surface area is 115 Å². The van der Waals surface area contributed by atoms with Gasteiger partial charge in [0.2, 0.25) is 0 Å². The molecule has 0 bridgehead atoms. The zero-order valence-corrected chi connectivity index (χ0v) is 11.7. The minimum atomic E-state index is -0.268. The molecule has 1 saturated heterocycles. The van der Waals surface area contributed by atoms with Crippen molar-refractivity contribution in [3.63, 3.8) is 0 Å². The number of halogens is 1. The van der Waals surface area contributed by atoms with Crippen LogP contribution in [0.1, 0.15) is 12.0 Å². The van der Waals surface area contributed by atoms with Crippen LogP contribution in [0.5, 0.6) is 0 Å². The number of likely N-dealkylation sites (tertiary alicyclic amines) is 1. The summed E-state index contributed by atoms with van der Waals surface area (Å²) in [5.41, 5.74) is 6.88. The number of alkyl halides is 1. The predicted octanol–water partition coefficient (Wildman–Crippen LogP) is 2.12. The third-order valence-electron chi connectivity index (χ3n) is 3.06. The van der Waals surface area contributed by atoms with E-state index in [-0.39, 0.29) is 17.0 Å². The lowest BCUT2D eigenvalue weighted by atomic mass is 10.1. The van der Waals surface area contributed by atoms with Gasteiger partial charge in [-0.15, -0.1) is 0 Å². The van der Waals surface area contributed by atoms with Crippen LogP contribution in [0.25, 0.3) is 0 Å². The number of hydrogen-bond acceptors (Lipinski definition) is 3. The Bertz CT molecular complexity index is 399. The maximum atomic E-state index is 11.9. The Hall–Kier alpha value is -1.07. The van der Waals surface area contributed by atoms with Crippen molar-refractivity contribution in [2.45, 2.75) is 23.9 Å². The van der Waals surface area contributed by atoms with Gasteiger partial charge in [-0.25, -0.2) is 4.79 Å². The van der Waals surface area contributed by atoms with Gasteiger partial charge >= 0.3 is 6.09 Å². The molecule has 2 rings (SSSR count). The number of amides is 1. The zero-order valence-electron chi connectivity index (χ0n) is 10.1. The van der Waals surface area contributed by atoms with Gasteiger partial charge in [0, 0.05) is 24.0 Å².